The van der Waals surface area contributed by atoms with Crippen molar-refractivity contribution in [3.63, 3.8) is 0 Å². The molecule has 0 atom stereocenters. The molecule has 0 spiro atoms. The molecule has 0 aliphatic carbocycles. The van der Waals surface area contributed by atoms with Gasteiger partial charge in [0, 0.05) is 23.8 Å². The molecule has 0 radical (unpaired) electrons. The summed E-state index contributed by atoms with van der Waals surface area (Å²) in [6, 6.07) is 13.9. The summed E-state index contributed by atoms with van der Waals surface area (Å²) >= 11 is 0. The molecule has 0 saturated heterocycles. The quantitative estimate of drug-likeness (QED) is 0.565. The van der Waals surface area contributed by atoms with Gasteiger partial charge in [0.1, 0.15) is 12.1 Å². The number of nitrogens with one attached hydrogen (secondary N) is 1. The van der Waals surface area contributed by atoms with Crippen molar-refractivity contribution in [3.05, 3.63) is 66.7 Å². The summed E-state index contributed by atoms with van der Waals surface area (Å²) in [5.41, 5.74) is 1.95. The van der Waals surface area contributed by atoms with Crippen LogP contribution in [0.5, 0.6) is 11.5 Å². The molecule has 27 heavy (non-hydrogen) atoms. The van der Waals surface area contributed by atoms with Crippen molar-refractivity contribution in [2.45, 2.75) is 6.54 Å². The van der Waals surface area contributed by atoms with Crippen LogP contribution < -0.4 is 14.8 Å². The van der Waals surface area contributed by atoms with Crippen LogP contribution in [0.25, 0.3) is 10.9 Å². The van der Waals surface area contributed by atoms with Gasteiger partial charge in [-0.2, -0.15) is 0 Å². The fourth-order valence-corrected chi connectivity index (χ4v) is 2.93. The van der Waals surface area contributed by atoms with Gasteiger partial charge in [-0.3, -0.25) is 0 Å². The van der Waals surface area contributed by atoms with Crippen molar-refractivity contribution in [2.24, 2.45) is 0 Å². The molecule has 4 rings (SSSR count). The first-order valence-electron chi connectivity index (χ1n) is 8.47. The lowest BCUT2D eigenvalue weighted by Gasteiger charge is -2.13. The Morgan fingerprint density at radius 1 is 0.963 bits per heavy atom. The molecule has 7 heteroatoms. The number of benzene rings is 2. The van der Waals surface area contributed by atoms with Gasteiger partial charge in [-0.05, 0) is 11.6 Å². The molecule has 2 aromatic heterocycles. The van der Waals surface area contributed by atoms with Crippen LogP contribution in [0, 0.1) is 0 Å². The van der Waals surface area contributed by atoms with Gasteiger partial charge in [-0.15, -0.1) is 0 Å². The molecule has 136 valence electrons. The van der Waals surface area contributed by atoms with Crippen LogP contribution in [0.2, 0.25) is 0 Å². The molecule has 4 aromatic rings. The molecule has 2 heterocycles. The zero-order valence-electron chi connectivity index (χ0n) is 15.1. The zero-order valence-corrected chi connectivity index (χ0v) is 15.1. The van der Waals surface area contributed by atoms with Gasteiger partial charge in [0.05, 0.1) is 26.3 Å². The molecular weight excluding hydrogens is 342 g/mol. The lowest BCUT2D eigenvalue weighted by Crippen LogP contribution is -2.06. The molecule has 0 amide bonds. The Labute approximate surface area is 156 Å². The van der Waals surface area contributed by atoms with Gasteiger partial charge in [0.25, 0.3) is 0 Å². The van der Waals surface area contributed by atoms with E-state index in [1.54, 1.807) is 20.4 Å². The Morgan fingerprint density at radius 2 is 1.74 bits per heavy atom. The van der Waals surface area contributed by atoms with Gasteiger partial charge in [0.15, 0.2) is 11.5 Å². The number of hydrogen-bond acceptors (Lipinski definition) is 6. The van der Waals surface area contributed by atoms with Gasteiger partial charge in [-0.25, -0.2) is 15.0 Å². The summed E-state index contributed by atoms with van der Waals surface area (Å²) in [6.07, 6.45) is 5.21. The maximum absolute atomic E-state index is 5.41. The van der Waals surface area contributed by atoms with Crippen LogP contribution in [0.3, 0.4) is 0 Å². The summed E-state index contributed by atoms with van der Waals surface area (Å²) in [5, 5.41) is 4.13. The minimum Gasteiger partial charge on any atom is -0.493 e. The zero-order chi connectivity index (χ0) is 18.6. The third-order valence-electron chi connectivity index (χ3n) is 4.28. The van der Waals surface area contributed by atoms with E-state index in [0.29, 0.717) is 29.8 Å². The number of nitrogens with zero attached hydrogens (tertiary/aromatic N) is 4. The third-order valence-corrected chi connectivity index (χ3v) is 4.28. The predicted octanol–water partition coefficient (Wildman–Crippen LogP) is 3.64. The van der Waals surface area contributed by atoms with E-state index in [2.05, 4.69) is 32.4 Å². The van der Waals surface area contributed by atoms with Crippen LogP contribution in [0.1, 0.15) is 5.56 Å². The van der Waals surface area contributed by atoms with Crippen molar-refractivity contribution in [3.8, 4) is 11.5 Å². The number of hydrogen-bond donors (Lipinski definition) is 1. The first kappa shape index (κ1) is 16.8. The van der Waals surface area contributed by atoms with E-state index in [-0.39, 0.29) is 0 Å². The normalized spacial score (nSPS) is 10.7. The Hall–Kier alpha value is -3.61. The fraction of sp³-hybridized carbons (Fsp3) is 0.150. The average Bonchev–Trinajstić information content (AvgIpc) is 3.14. The first-order chi connectivity index (χ1) is 13.3. The minimum atomic E-state index is 0.621. The number of aromatic nitrogens is 4. The third kappa shape index (κ3) is 3.39. The lowest BCUT2D eigenvalue weighted by molar-refractivity contribution is 0.356. The average molecular weight is 361 g/mol. The number of fused-ring (bicyclic) bond motifs is 1. The Balaban J connectivity index is 1.69. The molecule has 0 saturated carbocycles. The van der Waals surface area contributed by atoms with Crippen molar-refractivity contribution >= 4 is 22.7 Å². The minimum absolute atomic E-state index is 0.621. The van der Waals surface area contributed by atoms with Gasteiger partial charge >= 0.3 is 0 Å². The van der Waals surface area contributed by atoms with E-state index in [1.807, 2.05) is 41.1 Å². The highest BCUT2D eigenvalue weighted by atomic mass is 16.5. The number of ether oxygens (including phenoxy) is 2. The molecule has 1 N–H and O–H groups in total. The van der Waals surface area contributed by atoms with E-state index >= 15 is 0 Å². The highest BCUT2D eigenvalue weighted by Gasteiger charge is 2.12. The van der Waals surface area contributed by atoms with Crippen LogP contribution in [-0.2, 0) is 6.54 Å². The van der Waals surface area contributed by atoms with E-state index in [1.165, 1.54) is 11.9 Å². The molecule has 0 unspecified atom stereocenters. The van der Waals surface area contributed by atoms with Crippen molar-refractivity contribution < 1.29 is 9.47 Å². The van der Waals surface area contributed by atoms with Crippen molar-refractivity contribution in [1.29, 1.82) is 0 Å². The predicted molar refractivity (Wildman–Crippen MR) is 104 cm³/mol. The highest BCUT2D eigenvalue weighted by molar-refractivity contribution is 5.92. The van der Waals surface area contributed by atoms with E-state index < -0.39 is 0 Å². The standard InChI is InChI=1S/C20H19N5O2/c1-26-17-10-15-16(11-18(17)27-2)22-13-23-19(15)24-20-21-8-9-25(20)12-14-6-4-3-5-7-14/h3-11,13H,12H2,1-2H3,(H,21,22,23,24). The first-order valence-corrected chi connectivity index (χ1v) is 8.47. The van der Waals surface area contributed by atoms with Crippen LogP contribution >= 0.6 is 0 Å². The van der Waals surface area contributed by atoms with E-state index in [4.69, 9.17) is 9.47 Å². The maximum atomic E-state index is 5.41. The number of imidazole rings is 1. The molecule has 0 fully saturated rings. The Bertz CT molecular complexity index is 1060. The van der Waals surface area contributed by atoms with Gasteiger partial charge < -0.3 is 19.4 Å². The van der Waals surface area contributed by atoms with Crippen LogP contribution in [0.15, 0.2) is 61.2 Å². The summed E-state index contributed by atoms with van der Waals surface area (Å²) in [4.78, 5) is 13.1. The highest BCUT2D eigenvalue weighted by Crippen LogP contribution is 2.34. The van der Waals surface area contributed by atoms with Crippen molar-refractivity contribution in [2.75, 3.05) is 19.5 Å². The van der Waals surface area contributed by atoms with Crippen LogP contribution in [0.4, 0.5) is 11.8 Å². The molecule has 7 nitrogen and oxygen atoms in total. The van der Waals surface area contributed by atoms with Gasteiger partial charge in [-0.1, -0.05) is 30.3 Å². The SMILES string of the molecule is COc1cc2ncnc(Nc3nccn3Cc3ccccc3)c2cc1OC. The van der Waals surface area contributed by atoms with E-state index in [0.717, 1.165) is 10.9 Å². The summed E-state index contributed by atoms with van der Waals surface area (Å²) < 4.78 is 12.8. The van der Waals surface area contributed by atoms with Crippen LogP contribution in [-0.4, -0.2) is 33.7 Å². The summed E-state index contributed by atoms with van der Waals surface area (Å²) in [6.45, 7) is 0.712. The summed E-state index contributed by atoms with van der Waals surface area (Å²) in [5.74, 6) is 2.60. The topological polar surface area (TPSA) is 74.1 Å². The molecule has 2 aromatic carbocycles. The molecular formula is C20H19N5O2. The fourth-order valence-electron chi connectivity index (χ4n) is 2.93. The number of methoxy groups -OCH3 is 2. The molecule has 0 aliphatic heterocycles. The molecule has 0 aliphatic rings. The lowest BCUT2D eigenvalue weighted by atomic mass is 10.2. The second-order valence-corrected chi connectivity index (χ2v) is 5.94. The van der Waals surface area contributed by atoms with E-state index in [9.17, 15) is 0 Å². The Kier molecular flexibility index (Phi) is 4.57. The molecule has 0 bridgehead atoms. The second-order valence-electron chi connectivity index (χ2n) is 5.94. The monoisotopic (exact) mass is 361 g/mol. The second kappa shape index (κ2) is 7.33. The van der Waals surface area contributed by atoms with Gasteiger partial charge in [0.2, 0.25) is 5.95 Å². The maximum Gasteiger partial charge on any atom is 0.208 e. The largest absolute Gasteiger partial charge is 0.493 e. The Morgan fingerprint density at radius 3 is 2.52 bits per heavy atom. The smallest absolute Gasteiger partial charge is 0.208 e. The van der Waals surface area contributed by atoms with Crippen molar-refractivity contribution in [1.82, 2.24) is 19.5 Å². The number of rotatable bonds is 6. The number of anilines is 2. The summed E-state index contributed by atoms with van der Waals surface area (Å²) in [7, 11) is 3.21.